The van der Waals surface area contributed by atoms with Gasteiger partial charge >= 0.3 is 12.1 Å². The van der Waals surface area contributed by atoms with Crippen LogP contribution in [-0.2, 0) is 19.6 Å². The Labute approximate surface area is 123 Å². The molecule has 116 valence electrons. The van der Waals surface area contributed by atoms with Gasteiger partial charge in [0.25, 0.3) is 0 Å². The first-order valence-corrected chi connectivity index (χ1v) is 6.93. The Morgan fingerprint density at radius 2 is 1.81 bits per heavy atom. The van der Waals surface area contributed by atoms with Gasteiger partial charge in [-0.1, -0.05) is 44.4 Å². The summed E-state index contributed by atoms with van der Waals surface area (Å²) in [5.41, 5.74) is 1.05. The lowest BCUT2D eigenvalue weighted by molar-refractivity contribution is -0.452. The van der Waals surface area contributed by atoms with Gasteiger partial charge in [0.1, 0.15) is 0 Å². The van der Waals surface area contributed by atoms with Crippen molar-refractivity contribution in [2.75, 3.05) is 6.61 Å². The van der Waals surface area contributed by atoms with E-state index in [0.29, 0.717) is 5.56 Å². The van der Waals surface area contributed by atoms with Crippen molar-refractivity contribution in [3.63, 3.8) is 0 Å². The zero-order valence-corrected chi connectivity index (χ0v) is 12.3. The van der Waals surface area contributed by atoms with E-state index in [1.807, 2.05) is 0 Å². The van der Waals surface area contributed by atoms with E-state index in [0.717, 1.165) is 31.2 Å². The molecule has 6 nitrogen and oxygen atoms in total. The van der Waals surface area contributed by atoms with Crippen LogP contribution in [0.3, 0.4) is 0 Å². The van der Waals surface area contributed by atoms with Crippen molar-refractivity contribution in [1.82, 2.24) is 0 Å². The minimum atomic E-state index is -1.04. The van der Waals surface area contributed by atoms with Crippen LogP contribution in [0.25, 0.3) is 0 Å². The maximum absolute atomic E-state index is 11.6. The summed E-state index contributed by atoms with van der Waals surface area (Å²) in [7, 11) is 0. The number of unbranched alkanes of at least 4 members (excludes halogenated alkanes) is 3. The van der Waals surface area contributed by atoms with Gasteiger partial charge in [-0.2, -0.15) is 0 Å². The molecule has 1 aromatic rings. The summed E-state index contributed by atoms with van der Waals surface area (Å²) in [6.45, 7) is 4.09. The van der Waals surface area contributed by atoms with Crippen molar-refractivity contribution < 1.29 is 29.1 Å². The Morgan fingerprint density at radius 1 is 1.05 bits per heavy atom. The average Bonchev–Trinajstić information content (AvgIpc) is 2.47. The van der Waals surface area contributed by atoms with Crippen molar-refractivity contribution in [3.8, 4) is 0 Å². The summed E-state index contributed by atoms with van der Waals surface area (Å²) < 4.78 is 4.72. The molecular weight excluding hydrogens is 276 g/mol. The van der Waals surface area contributed by atoms with Gasteiger partial charge in [-0.15, -0.1) is 0 Å². The van der Waals surface area contributed by atoms with Gasteiger partial charge in [0.15, 0.2) is 0 Å². The number of hydrogen-bond acceptors (Lipinski definition) is 6. The minimum Gasteiger partial charge on any atom is -0.432 e. The third-order valence-electron chi connectivity index (χ3n) is 2.79. The second-order valence-electron chi connectivity index (χ2n) is 4.50. The molecule has 0 aromatic heterocycles. The molecule has 0 aliphatic carbocycles. The van der Waals surface area contributed by atoms with Gasteiger partial charge in [-0.25, -0.2) is 14.5 Å². The van der Waals surface area contributed by atoms with Crippen LogP contribution in [-0.4, -0.2) is 18.7 Å². The fourth-order valence-electron chi connectivity index (χ4n) is 1.63. The molecule has 0 saturated carbocycles. The van der Waals surface area contributed by atoms with Gasteiger partial charge in [-0.3, -0.25) is 4.89 Å². The van der Waals surface area contributed by atoms with Gasteiger partial charge < -0.3 is 4.74 Å². The van der Waals surface area contributed by atoms with Crippen molar-refractivity contribution in [2.45, 2.75) is 39.5 Å². The van der Waals surface area contributed by atoms with E-state index < -0.39 is 12.1 Å². The molecule has 0 amide bonds. The third kappa shape index (κ3) is 6.76. The molecule has 0 radical (unpaired) electrons. The highest BCUT2D eigenvalue weighted by Crippen LogP contribution is 2.09. The van der Waals surface area contributed by atoms with Crippen LogP contribution in [0.2, 0.25) is 0 Å². The molecule has 0 unspecified atom stereocenters. The lowest BCUT2D eigenvalue weighted by atomic mass is 10.1. The standard InChI is InChI=1S/C15H20O6/c1-3-4-5-8-11-18-15(17)20-21-19-14(16)13-10-7-6-9-12(13)2/h6-7,9-10H,3-5,8,11H2,1-2H3. The molecule has 1 rings (SSSR count). The van der Waals surface area contributed by atoms with Crippen LogP contribution >= 0.6 is 0 Å². The van der Waals surface area contributed by atoms with Crippen molar-refractivity contribution in [1.29, 1.82) is 0 Å². The first kappa shape index (κ1) is 17.0. The summed E-state index contributed by atoms with van der Waals surface area (Å²) in [6, 6.07) is 6.81. The molecular formula is C15H20O6. The zero-order valence-electron chi connectivity index (χ0n) is 12.3. The highest BCUT2D eigenvalue weighted by molar-refractivity contribution is 5.90. The van der Waals surface area contributed by atoms with E-state index in [9.17, 15) is 9.59 Å². The maximum atomic E-state index is 11.6. The normalized spacial score (nSPS) is 10.0. The molecule has 1 aromatic carbocycles. The largest absolute Gasteiger partial charge is 0.543 e. The molecule has 0 aliphatic rings. The van der Waals surface area contributed by atoms with E-state index in [1.165, 1.54) is 0 Å². The predicted molar refractivity (Wildman–Crippen MR) is 74.3 cm³/mol. The molecule has 0 heterocycles. The number of carbonyl (C=O) groups excluding carboxylic acids is 2. The number of aryl methyl sites for hydroxylation is 1. The second-order valence-corrected chi connectivity index (χ2v) is 4.50. The molecule has 0 saturated heterocycles. The van der Waals surface area contributed by atoms with Crippen molar-refractivity contribution in [2.24, 2.45) is 0 Å². The Balaban J connectivity index is 2.17. The summed E-state index contributed by atoms with van der Waals surface area (Å²) >= 11 is 0. The zero-order chi connectivity index (χ0) is 15.5. The van der Waals surface area contributed by atoms with E-state index in [-0.39, 0.29) is 6.61 Å². The number of hydrogen-bond donors (Lipinski definition) is 0. The van der Waals surface area contributed by atoms with E-state index in [1.54, 1.807) is 31.2 Å². The van der Waals surface area contributed by atoms with Gasteiger partial charge in [-0.05, 0) is 25.0 Å². The Hall–Kier alpha value is -2.08. The van der Waals surface area contributed by atoms with Crippen LogP contribution < -0.4 is 0 Å². The molecule has 0 aliphatic heterocycles. The SMILES string of the molecule is CCCCCCOC(=O)OOOC(=O)c1ccccc1C. The summed E-state index contributed by atoms with van der Waals surface area (Å²) in [5, 5.41) is 4.12. The molecule has 0 N–H and O–H groups in total. The molecule has 21 heavy (non-hydrogen) atoms. The Morgan fingerprint density at radius 3 is 2.52 bits per heavy atom. The maximum Gasteiger partial charge on any atom is 0.543 e. The lowest BCUT2D eigenvalue weighted by Gasteiger charge is -2.05. The van der Waals surface area contributed by atoms with Gasteiger partial charge in [0.05, 0.1) is 17.2 Å². The van der Waals surface area contributed by atoms with E-state index in [2.05, 4.69) is 21.7 Å². The van der Waals surface area contributed by atoms with Crippen molar-refractivity contribution >= 4 is 12.1 Å². The summed E-state index contributed by atoms with van der Waals surface area (Å²) in [5.74, 6) is -0.746. The third-order valence-corrected chi connectivity index (χ3v) is 2.79. The molecule has 0 fully saturated rings. The highest BCUT2D eigenvalue weighted by Gasteiger charge is 2.13. The summed E-state index contributed by atoms with van der Waals surface area (Å²) in [6.07, 6.45) is 2.88. The van der Waals surface area contributed by atoms with Gasteiger partial charge in [0.2, 0.25) is 0 Å². The number of ether oxygens (including phenoxy) is 1. The van der Waals surface area contributed by atoms with Crippen LogP contribution in [0, 0.1) is 6.92 Å². The summed E-state index contributed by atoms with van der Waals surface area (Å²) in [4.78, 5) is 31.2. The quantitative estimate of drug-likeness (QED) is 0.315. The fourth-order valence-corrected chi connectivity index (χ4v) is 1.63. The number of carbonyl (C=O) groups is 2. The minimum absolute atomic E-state index is 0.244. The van der Waals surface area contributed by atoms with E-state index >= 15 is 0 Å². The smallest absolute Gasteiger partial charge is 0.432 e. The Bertz CT molecular complexity index is 457. The average molecular weight is 296 g/mol. The van der Waals surface area contributed by atoms with Crippen molar-refractivity contribution in [3.05, 3.63) is 35.4 Å². The second kappa shape index (κ2) is 9.77. The monoisotopic (exact) mass is 296 g/mol. The molecule has 0 spiro atoms. The first-order valence-electron chi connectivity index (χ1n) is 6.93. The molecule has 6 heteroatoms. The first-order chi connectivity index (χ1) is 10.1. The lowest BCUT2D eigenvalue weighted by Crippen LogP contribution is -2.13. The van der Waals surface area contributed by atoms with E-state index in [4.69, 9.17) is 4.74 Å². The number of rotatable bonds is 8. The van der Waals surface area contributed by atoms with Crippen LogP contribution in [0.4, 0.5) is 4.79 Å². The Kier molecular flexibility index (Phi) is 7.89. The van der Waals surface area contributed by atoms with Crippen LogP contribution in [0.15, 0.2) is 24.3 Å². The predicted octanol–water partition coefficient (Wildman–Crippen LogP) is 3.73. The fraction of sp³-hybridized carbons (Fsp3) is 0.467. The number of benzene rings is 1. The topological polar surface area (TPSA) is 71.1 Å². The van der Waals surface area contributed by atoms with Gasteiger partial charge in [0, 0.05) is 0 Å². The van der Waals surface area contributed by atoms with Crippen LogP contribution in [0.5, 0.6) is 0 Å². The molecule has 0 bridgehead atoms. The molecule has 0 atom stereocenters. The highest BCUT2D eigenvalue weighted by atomic mass is 17.5. The van der Waals surface area contributed by atoms with Crippen LogP contribution in [0.1, 0.15) is 48.5 Å².